The molecule has 3 aromatic heterocycles. The Morgan fingerprint density at radius 1 is 1.21 bits per heavy atom. The fraction of sp³-hybridized carbons (Fsp3) is 0.222. The summed E-state index contributed by atoms with van der Waals surface area (Å²) in [4.78, 5) is 13.6. The predicted octanol–water partition coefficient (Wildman–Crippen LogP) is 3.19. The highest BCUT2D eigenvalue weighted by molar-refractivity contribution is 6.02. The lowest BCUT2D eigenvalue weighted by Crippen LogP contribution is -2.01. The summed E-state index contributed by atoms with van der Waals surface area (Å²) in [6.07, 6.45) is 2.36. The van der Waals surface area contributed by atoms with Crippen molar-refractivity contribution < 1.29 is 4.42 Å². The maximum Gasteiger partial charge on any atom is 0.191 e. The fourth-order valence-electron chi connectivity index (χ4n) is 3.06. The van der Waals surface area contributed by atoms with E-state index in [1.807, 2.05) is 37.6 Å². The zero-order valence-electron chi connectivity index (χ0n) is 13.7. The number of fused-ring (bicyclic) bond motifs is 3. The van der Waals surface area contributed by atoms with Gasteiger partial charge >= 0.3 is 0 Å². The molecule has 0 radical (unpaired) electrons. The first-order chi connectivity index (χ1) is 11.6. The van der Waals surface area contributed by atoms with Crippen molar-refractivity contribution in [1.29, 1.82) is 5.26 Å². The van der Waals surface area contributed by atoms with Crippen LogP contribution in [0.2, 0.25) is 0 Å². The number of benzene rings is 1. The number of nitriles is 1. The molecule has 0 aliphatic rings. The van der Waals surface area contributed by atoms with E-state index >= 15 is 0 Å². The lowest BCUT2D eigenvalue weighted by molar-refractivity contribution is 0.493. The predicted molar refractivity (Wildman–Crippen MR) is 89.5 cm³/mol. The summed E-state index contributed by atoms with van der Waals surface area (Å²) in [7, 11) is 1.98. The van der Waals surface area contributed by atoms with Crippen LogP contribution in [0.15, 0.2) is 28.8 Å². The van der Waals surface area contributed by atoms with Gasteiger partial charge in [0.05, 0.1) is 41.0 Å². The van der Waals surface area contributed by atoms with Crippen molar-refractivity contribution in [1.82, 2.24) is 19.5 Å². The summed E-state index contributed by atoms with van der Waals surface area (Å²) in [5.74, 6) is 2.36. The lowest BCUT2D eigenvalue weighted by atomic mass is 10.1. The van der Waals surface area contributed by atoms with Crippen LogP contribution in [0.4, 0.5) is 0 Å². The smallest absolute Gasteiger partial charge is 0.191 e. The second-order valence-corrected chi connectivity index (χ2v) is 5.84. The number of aromatic nitrogens is 4. The van der Waals surface area contributed by atoms with Crippen LogP contribution in [0.1, 0.15) is 28.7 Å². The second kappa shape index (κ2) is 5.17. The Labute approximate surface area is 138 Å². The van der Waals surface area contributed by atoms with Gasteiger partial charge in [0.25, 0.3) is 0 Å². The summed E-state index contributed by atoms with van der Waals surface area (Å²) in [5.41, 5.74) is 4.14. The monoisotopic (exact) mass is 317 g/mol. The molecule has 4 rings (SSSR count). The molecule has 0 fully saturated rings. The Morgan fingerprint density at radius 3 is 2.75 bits per heavy atom. The minimum atomic E-state index is 0.591. The molecule has 6 heteroatoms. The van der Waals surface area contributed by atoms with Gasteiger partial charge in [-0.25, -0.2) is 9.97 Å². The van der Waals surface area contributed by atoms with Crippen LogP contribution in [0.3, 0.4) is 0 Å². The molecule has 1 aromatic carbocycles. The van der Waals surface area contributed by atoms with Gasteiger partial charge in [-0.3, -0.25) is 4.98 Å². The minimum Gasteiger partial charge on any atom is -0.446 e. The molecule has 0 saturated heterocycles. The van der Waals surface area contributed by atoms with Crippen molar-refractivity contribution in [2.75, 3.05) is 0 Å². The van der Waals surface area contributed by atoms with E-state index in [4.69, 9.17) is 14.7 Å². The summed E-state index contributed by atoms with van der Waals surface area (Å²) in [6.45, 7) is 3.75. The molecule has 3 heterocycles. The zero-order chi connectivity index (χ0) is 16.8. The number of nitrogens with zero attached hydrogens (tertiary/aromatic N) is 5. The van der Waals surface area contributed by atoms with Gasteiger partial charge in [-0.05, 0) is 25.1 Å². The SMILES string of the molecule is Cc1nc(Cc2nc3cnc4ccc(C#N)cc4c3n2C)c(C)o1. The van der Waals surface area contributed by atoms with Crippen molar-refractivity contribution in [3.63, 3.8) is 0 Å². The molecule has 118 valence electrons. The van der Waals surface area contributed by atoms with Gasteiger partial charge < -0.3 is 8.98 Å². The minimum absolute atomic E-state index is 0.591. The van der Waals surface area contributed by atoms with Crippen LogP contribution < -0.4 is 0 Å². The Balaban J connectivity index is 1.92. The van der Waals surface area contributed by atoms with Crippen molar-refractivity contribution >= 4 is 21.9 Å². The molecule has 0 amide bonds. The lowest BCUT2D eigenvalue weighted by Gasteiger charge is -2.04. The Hall–Kier alpha value is -3.20. The average Bonchev–Trinajstić information content (AvgIpc) is 3.06. The van der Waals surface area contributed by atoms with Crippen LogP contribution in [0.5, 0.6) is 0 Å². The fourth-order valence-corrected chi connectivity index (χ4v) is 3.06. The van der Waals surface area contributed by atoms with E-state index in [1.54, 1.807) is 12.3 Å². The normalized spacial score (nSPS) is 11.2. The molecule has 0 bridgehead atoms. The third-order valence-electron chi connectivity index (χ3n) is 4.25. The first-order valence-corrected chi connectivity index (χ1v) is 7.64. The number of rotatable bonds is 2. The van der Waals surface area contributed by atoms with Crippen LogP contribution in [0, 0.1) is 25.2 Å². The second-order valence-electron chi connectivity index (χ2n) is 5.84. The highest BCUT2D eigenvalue weighted by atomic mass is 16.4. The molecule has 0 aliphatic carbocycles. The highest BCUT2D eigenvalue weighted by Gasteiger charge is 2.15. The van der Waals surface area contributed by atoms with Crippen LogP contribution in [0.25, 0.3) is 21.9 Å². The van der Waals surface area contributed by atoms with E-state index in [2.05, 4.69) is 16.0 Å². The van der Waals surface area contributed by atoms with Crippen molar-refractivity contribution in [2.45, 2.75) is 20.3 Å². The summed E-state index contributed by atoms with van der Waals surface area (Å²) < 4.78 is 7.55. The third kappa shape index (κ3) is 2.14. The van der Waals surface area contributed by atoms with Crippen molar-refractivity contribution in [3.8, 4) is 6.07 Å². The molecule has 0 saturated carbocycles. The van der Waals surface area contributed by atoms with Gasteiger partial charge in [-0.1, -0.05) is 0 Å². The summed E-state index contributed by atoms with van der Waals surface area (Å²) in [5, 5.41) is 10.1. The largest absolute Gasteiger partial charge is 0.446 e. The standard InChI is InChI=1S/C18H15N5O/c1-10-15(21-11(2)24-10)7-17-22-16-9-20-14-5-4-12(8-19)6-13(14)18(16)23(17)3/h4-6,9H,7H2,1-3H3. The van der Waals surface area contributed by atoms with Gasteiger partial charge in [0.2, 0.25) is 0 Å². The Morgan fingerprint density at radius 2 is 2.04 bits per heavy atom. The van der Waals surface area contributed by atoms with E-state index in [0.29, 0.717) is 17.9 Å². The third-order valence-corrected chi connectivity index (χ3v) is 4.25. The molecule has 6 nitrogen and oxygen atoms in total. The maximum atomic E-state index is 9.16. The average molecular weight is 317 g/mol. The maximum absolute atomic E-state index is 9.16. The summed E-state index contributed by atoms with van der Waals surface area (Å²) >= 11 is 0. The number of pyridine rings is 1. The zero-order valence-corrected chi connectivity index (χ0v) is 13.7. The van der Waals surface area contributed by atoms with Gasteiger partial charge in [0.1, 0.15) is 17.1 Å². The van der Waals surface area contributed by atoms with Crippen LogP contribution in [-0.2, 0) is 13.5 Å². The van der Waals surface area contributed by atoms with Gasteiger partial charge in [0, 0.05) is 19.4 Å². The van der Waals surface area contributed by atoms with Crippen LogP contribution in [-0.4, -0.2) is 19.5 Å². The molecule has 0 spiro atoms. The summed E-state index contributed by atoms with van der Waals surface area (Å²) in [6, 6.07) is 7.69. The number of hydrogen-bond acceptors (Lipinski definition) is 5. The van der Waals surface area contributed by atoms with Gasteiger partial charge in [0.15, 0.2) is 5.89 Å². The number of imidazole rings is 1. The van der Waals surface area contributed by atoms with E-state index in [-0.39, 0.29) is 0 Å². The molecule has 24 heavy (non-hydrogen) atoms. The molecule has 0 N–H and O–H groups in total. The molecular weight excluding hydrogens is 302 g/mol. The first kappa shape index (κ1) is 14.4. The van der Waals surface area contributed by atoms with E-state index in [9.17, 15) is 0 Å². The van der Waals surface area contributed by atoms with Crippen molar-refractivity contribution in [2.24, 2.45) is 7.05 Å². The number of hydrogen-bond donors (Lipinski definition) is 0. The number of aryl methyl sites for hydroxylation is 3. The van der Waals surface area contributed by atoms with E-state index in [0.717, 1.165) is 39.2 Å². The number of oxazole rings is 1. The molecule has 0 aliphatic heterocycles. The quantitative estimate of drug-likeness (QED) is 0.567. The molecule has 0 atom stereocenters. The van der Waals surface area contributed by atoms with Gasteiger partial charge in [-0.15, -0.1) is 0 Å². The van der Waals surface area contributed by atoms with Gasteiger partial charge in [-0.2, -0.15) is 5.26 Å². The Bertz CT molecular complexity index is 1130. The molecule has 4 aromatic rings. The Kier molecular flexibility index (Phi) is 3.10. The molecule has 0 unspecified atom stereocenters. The van der Waals surface area contributed by atoms with Crippen molar-refractivity contribution in [3.05, 3.63) is 53.1 Å². The topological polar surface area (TPSA) is 80.5 Å². The first-order valence-electron chi connectivity index (χ1n) is 7.64. The highest BCUT2D eigenvalue weighted by Crippen LogP contribution is 2.26. The van der Waals surface area contributed by atoms with Crippen LogP contribution >= 0.6 is 0 Å². The molecular formula is C18H15N5O. The van der Waals surface area contributed by atoms with E-state index < -0.39 is 0 Å². The van der Waals surface area contributed by atoms with E-state index in [1.165, 1.54) is 0 Å².